The van der Waals surface area contributed by atoms with E-state index >= 15 is 0 Å². The summed E-state index contributed by atoms with van der Waals surface area (Å²) in [7, 11) is 0. The van der Waals surface area contributed by atoms with Crippen molar-refractivity contribution in [1.29, 1.82) is 0 Å². The molecule has 108 valence electrons. The van der Waals surface area contributed by atoms with Gasteiger partial charge >= 0.3 is 0 Å². The number of benzene rings is 1. The fourth-order valence-corrected chi connectivity index (χ4v) is 2.91. The van der Waals surface area contributed by atoms with Gasteiger partial charge in [0.05, 0.1) is 12.1 Å². The first-order chi connectivity index (χ1) is 10.3. The summed E-state index contributed by atoms with van der Waals surface area (Å²) in [6, 6.07) is 6.48. The molecule has 21 heavy (non-hydrogen) atoms. The summed E-state index contributed by atoms with van der Waals surface area (Å²) >= 11 is 1.62. The van der Waals surface area contributed by atoms with Gasteiger partial charge in [-0.25, -0.2) is 14.4 Å². The summed E-state index contributed by atoms with van der Waals surface area (Å²) in [6.07, 6.45) is 1.47. The SMILES string of the molecule is OCCN(Cc1ccsc1)c1ncnc2ccc(F)cc12. The van der Waals surface area contributed by atoms with Gasteiger partial charge in [0.15, 0.2) is 0 Å². The summed E-state index contributed by atoms with van der Waals surface area (Å²) in [4.78, 5) is 10.4. The van der Waals surface area contributed by atoms with Gasteiger partial charge in [0, 0.05) is 18.5 Å². The van der Waals surface area contributed by atoms with Crippen molar-refractivity contribution in [1.82, 2.24) is 9.97 Å². The third-order valence-corrected chi connectivity index (χ3v) is 3.93. The zero-order valence-corrected chi connectivity index (χ0v) is 12.1. The van der Waals surface area contributed by atoms with Crippen molar-refractivity contribution < 1.29 is 9.50 Å². The second kappa shape index (κ2) is 6.15. The highest BCUT2D eigenvalue weighted by Crippen LogP contribution is 2.25. The van der Waals surface area contributed by atoms with E-state index in [1.54, 1.807) is 17.4 Å². The van der Waals surface area contributed by atoms with Crippen LogP contribution in [0.3, 0.4) is 0 Å². The zero-order valence-electron chi connectivity index (χ0n) is 11.2. The van der Waals surface area contributed by atoms with Gasteiger partial charge < -0.3 is 10.0 Å². The number of aliphatic hydroxyl groups excluding tert-OH is 1. The van der Waals surface area contributed by atoms with Crippen LogP contribution in [0.15, 0.2) is 41.4 Å². The minimum absolute atomic E-state index is 0.00491. The Hall–Kier alpha value is -2.05. The second-order valence-corrected chi connectivity index (χ2v) is 5.42. The zero-order chi connectivity index (χ0) is 14.7. The van der Waals surface area contributed by atoms with E-state index in [1.165, 1.54) is 18.5 Å². The van der Waals surface area contributed by atoms with E-state index in [0.29, 0.717) is 29.8 Å². The molecule has 0 spiro atoms. The molecule has 0 aliphatic rings. The fourth-order valence-electron chi connectivity index (χ4n) is 2.25. The summed E-state index contributed by atoms with van der Waals surface area (Å²) in [5.74, 6) is 0.317. The third kappa shape index (κ3) is 3.01. The molecule has 2 aromatic heterocycles. The average Bonchev–Trinajstić information content (AvgIpc) is 2.99. The third-order valence-electron chi connectivity index (χ3n) is 3.20. The van der Waals surface area contributed by atoms with E-state index in [0.717, 1.165) is 5.56 Å². The van der Waals surface area contributed by atoms with Gasteiger partial charge in [-0.05, 0) is 40.6 Å². The number of hydrogen-bond acceptors (Lipinski definition) is 5. The lowest BCUT2D eigenvalue weighted by molar-refractivity contribution is 0.301. The lowest BCUT2D eigenvalue weighted by atomic mass is 10.2. The minimum atomic E-state index is -0.321. The Balaban J connectivity index is 2.04. The summed E-state index contributed by atoms with van der Waals surface area (Å²) in [5.41, 5.74) is 1.83. The van der Waals surface area contributed by atoms with E-state index in [1.807, 2.05) is 21.7 Å². The van der Waals surface area contributed by atoms with E-state index in [2.05, 4.69) is 9.97 Å². The Labute approximate surface area is 125 Å². The van der Waals surface area contributed by atoms with E-state index in [4.69, 9.17) is 0 Å². The van der Waals surface area contributed by atoms with Crippen LogP contribution in [-0.2, 0) is 6.54 Å². The van der Waals surface area contributed by atoms with Gasteiger partial charge in [0.2, 0.25) is 0 Å². The number of aromatic nitrogens is 2. The molecule has 2 heterocycles. The lowest BCUT2D eigenvalue weighted by Crippen LogP contribution is -2.27. The molecule has 0 unspecified atom stereocenters. The Morgan fingerprint density at radius 3 is 2.90 bits per heavy atom. The maximum Gasteiger partial charge on any atom is 0.140 e. The molecule has 0 bridgehead atoms. The molecule has 6 heteroatoms. The molecule has 3 rings (SSSR count). The van der Waals surface area contributed by atoms with Gasteiger partial charge in [0.25, 0.3) is 0 Å². The Morgan fingerprint density at radius 2 is 2.14 bits per heavy atom. The van der Waals surface area contributed by atoms with E-state index in [-0.39, 0.29) is 12.4 Å². The maximum absolute atomic E-state index is 13.5. The normalized spacial score (nSPS) is 11.0. The van der Waals surface area contributed by atoms with Crippen LogP contribution in [0.2, 0.25) is 0 Å². The number of anilines is 1. The molecular formula is C15H14FN3OS. The highest BCUT2D eigenvalue weighted by molar-refractivity contribution is 7.07. The van der Waals surface area contributed by atoms with Crippen LogP contribution in [0.25, 0.3) is 10.9 Å². The summed E-state index contributed by atoms with van der Waals surface area (Å²) in [6.45, 7) is 1.05. The van der Waals surface area contributed by atoms with Crippen molar-refractivity contribution >= 4 is 28.1 Å². The number of rotatable bonds is 5. The second-order valence-electron chi connectivity index (χ2n) is 4.64. The number of hydrogen-bond donors (Lipinski definition) is 1. The summed E-state index contributed by atoms with van der Waals surface area (Å²) in [5, 5.41) is 14.0. The van der Waals surface area contributed by atoms with Crippen LogP contribution in [0, 0.1) is 5.82 Å². The first-order valence-electron chi connectivity index (χ1n) is 6.55. The van der Waals surface area contributed by atoms with Crippen LogP contribution >= 0.6 is 11.3 Å². The quantitative estimate of drug-likeness (QED) is 0.787. The molecule has 4 nitrogen and oxygen atoms in total. The van der Waals surface area contributed by atoms with Crippen LogP contribution < -0.4 is 4.90 Å². The number of thiophene rings is 1. The number of halogens is 1. The first kappa shape index (κ1) is 13.9. The van der Waals surface area contributed by atoms with Crippen LogP contribution in [0.4, 0.5) is 10.2 Å². The molecule has 0 radical (unpaired) electrons. The highest BCUT2D eigenvalue weighted by atomic mass is 32.1. The molecule has 0 saturated heterocycles. The monoisotopic (exact) mass is 303 g/mol. The Bertz CT molecular complexity index is 733. The Morgan fingerprint density at radius 1 is 1.24 bits per heavy atom. The van der Waals surface area contributed by atoms with Gasteiger partial charge in [0.1, 0.15) is 18.0 Å². The van der Waals surface area contributed by atoms with Crippen LogP contribution in [0.1, 0.15) is 5.56 Å². The van der Waals surface area contributed by atoms with Crippen molar-refractivity contribution in [3.8, 4) is 0 Å². The molecule has 0 saturated carbocycles. The molecule has 0 aliphatic heterocycles. The average molecular weight is 303 g/mol. The standard InChI is InChI=1S/C15H14FN3OS/c16-12-1-2-14-13(7-12)15(18-10-17-14)19(4-5-20)8-11-3-6-21-9-11/h1-3,6-7,9-10,20H,4-5,8H2. The maximum atomic E-state index is 13.5. The molecule has 0 aliphatic carbocycles. The highest BCUT2D eigenvalue weighted by Gasteiger charge is 2.13. The molecule has 0 atom stereocenters. The predicted molar refractivity (Wildman–Crippen MR) is 82.0 cm³/mol. The topological polar surface area (TPSA) is 49.2 Å². The van der Waals surface area contributed by atoms with Gasteiger partial charge in [-0.3, -0.25) is 0 Å². The molecule has 3 aromatic rings. The fraction of sp³-hybridized carbons (Fsp3) is 0.200. The van der Waals surface area contributed by atoms with Crippen LogP contribution in [-0.4, -0.2) is 28.2 Å². The minimum Gasteiger partial charge on any atom is -0.395 e. The van der Waals surface area contributed by atoms with Crippen LogP contribution in [0.5, 0.6) is 0 Å². The molecule has 0 amide bonds. The first-order valence-corrected chi connectivity index (χ1v) is 7.49. The van der Waals surface area contributed by atoms with E-state index < -0.39 is 0 Å². The largest absolute Gasteiger partial charge is 0.395 e. The molecule has 1 aromatic carbocycles. The number of fused-ring (bicyclic) bond motifs is 1. The van der Waals surface area contributed by atoms with Crippen molar-refractivity contribution in [3.63, 3.8) is 0 Å². The lowest BCUT2D eigenvalue weighted by Gasteiger charge is -2.23. The van der Waals surface area contributed by atoms with Crippen molar-refractivity contribution in [3.05, 3.63) is 52.7 Å². The van der Waals surface area contributed by atoms with Crippen molar-refractivity contribution in [2.24, 2.45) is 0 Å². The Kier molecular flexibility index (Phi) is 4.08. The van der Waals surface area contributed by atoms with E-state index in [9.17, 15) is 9.50 Å². The van der Waals surface area contributed by atoms with Gasteiger partial charge in [-0.1, -0.05) is 0 Å². The molecule has 0 fully saturated rings. The van der Waals surface area contributed by atoms with Gasteiger partial charge in [-0.15, -0.1) is 0 Å². The predicted octanol–water partition coefficient (Wildman–Crippen LogP) is 2.83. The summed E-state index contributed by atoms with van der Waals surface area (Å²) < 4.78 is 13.5. The smallest absolute Gasteiger partial charge is 0.140 e. The van der Waals surface area contributed by atoms with Gasteiger partial charge in [-0.2, -0.15) is 11.3 Å². The number of nitrogens with zero attached hydrogens (tertiary/aromatic N) is 3. The molecular weight excluding hydrogens is 289 g/mol. The van der Waals surface area contributed by atoms with Crippen molar-refractivity contribution in [2.45, 2.75) is 6.54 Å². The van der Waals surface area contributed by atoms with Crippen molar-refractivity contribution in [2.75, 3.05) is 18.1 Å². The number of aliphatic hydroxyl groups is 1. The molecule has 1 N–H and O–H groups in total.